The maximum Gasteiger partial charge on any atom is 0.337 e. The van der Waals surface area contributed by atoms with Gasteiger partial charge in [-0.3, -0.25) is 10.2 Å². The number of hydrazine groups is 1. The number of thiazole rings is 1. The van der Waals surface area contributed by atoms with Gasteiger partial charge in [0.2, 0.25) is 5.91 Å². The van der Waals surface area contributed by atoms with Crippen molar-refractivity contribution in [3.8, 4) is 0 Å². The van der Waals surface area contributed by atoms with E-state index in [0.717, 1.165) is 10.2 Å². The predicted octanol–water partition coefficient (Wildman–Crippen LogP) is 2.69. The number of rotatable bonds is 3. The first kappa shape index (κ1) is 15.0. The number of benzene rings is 2. The first-order valence-corrected chi connectivity index (χ1v) is 7.78. The number of carbonyl (C=O) groups excluding carboxylic acids is 2. The number of hydrogen-bond donors (Lipinski definition) is 3. The average Bonchev–Trinajstić information content (AvgIpc) is 2.96. The summed E-state index contributed by atoms with van der Waals surface area (Å²) in [5, 5.41) is 3.31. The number of aromatic nitrogens is 1. The van der Waals surface area contributed by atoms with Gasteiger partial charge in [0, 0.05) is 5.69 Å². The van der Waals surface area contributed by atoms with E-state index in [4.69, 9.17) is 0 Å². The van der Waals surface area contributed by atoms with E-state index in [2.05, 4.69) is 21.2 Å². The highest BCUT2D eigenvalue weighted by atomic mass is 32.1. The number of nitrogens with one attached hydrogen (secondary N) is 3. The molecule has 3 amide bonds. The third-order valence-electron chi connectivity index (χ3n) is 3.00. The Balaban J connectivity index is 1.50. The second-order valence-electron chi connectivity index (χ2n) is 4.75. The van der Waals surface area contributed by atoms with Gasteiger partial charge in [0.25, 0.3) is 0 Å². The molecular weight excluding hydrogens is 312 g/mol. The summed E-state index contributed by atoms with van der Waals surface area (Å²) in [5.74, 6) is -0.327. The number of nitrogens with zero attached hydrogens (tertiary/aromatic N) is 1. The normalized spacial score (nSPS) is 10.3. The quantitative estimate of drug-likeness (QED) is 0.647. The Bertz CT molecular complexity index is 799. The first-order valence-electron chi connectivity index (χ1n) is 6.96. The van der Waals surface area contributed by atoms with Crippen molar-refractivity contribution in [1.82, 2.24) is 15.8 Å². The lowest BCUT2D eigenvalue weighted by molar-refractivity contribution is -0.121. The Morgan fingerprint density at radius 3 is 2.48 bits per heavy atom. The van der Waals surface area contributed by atoms with Gasteiger partial charge in [-0.1, -0.05) is 30.3 Å². The highest BCUT2D eigenvalue weighted by Gasteiger charge is 2.09. The summed E-state index contributed by atoms with van der Waals surface area (Å²) >= 11 is 1.46. The molecule has 7 heteroatoms. The molecule has 23 heavy (non-hydrogen) atoms. The highest BCUT2D eigenvalue weighted by molar-refractivity contribution is 7.18. The van der Waals surface area contributed by atoms with Crippen molar-refractivity contribution >= 4 is 39.2 Å². The van der Waals surface area contributed by atoms with Crippen LogP contribution in [0.1, 0.15) is 5.01 Å². The molecule has 3 rings (SSSR count). The number of urea groups is 1. The molecule has 0 atom stereocenters. The molecular formula is C16H14N4O2S. The SMILES string of the molecule is O=C(Cc1nc2ccccc2s1)NNC(=O)Nc1ccccc1. The zero-order valence-electron chi connectivity index (χ0n) is 12.1. The number of fused-ring (bicyclic) bond motifs is 1. The van der Waals surface area contributed by atoms with Crippen molar-refractivity contribution in [1.29, 1.82) is 0 Å². The Kier molecular flexibility index (Phi) is 4.49. The Morgan fingerprint density at radius 1 is 0.957 bits per heavy atom. The molecule has 1 aromatic heterocycles. The van der Waals surface area contributed by atoms with E-state index in [1.807, 2.05) is 30.3 Å². The lowest BCUT2D eigenvalue weighted by Gasteiger charge is -2.08. The van der Waals surface area contributed by atoms with E-state index in [1.165, 1.54) is 11.3 Å². The lowest BCUT2D eigenvalue weighted by atomic mass is 10.3. The van der Waals surface area contributed by atoms with Gasteiger partial charge in [0.1, 0.15) is 5.01 Å². The molecule has 0 radical (unpaired) electrons. The second-order valence-corrected chi connectivity index (χ2v) is 5.86. The van der Waals surface area contributed by atoms with Crippen LogP contribution in [0.2, 0.25) is 0 Å². The van der Waals surface area contributed by atoms with E-state index in [9.17, 15) is 9.59 Å². The van der Waals surface area contributed by atoms with Crippen molar-refractivity contribution < 1.29 is 9.59 Å². The van der Waals surface area contributed by atoms with Gasteiger partial charge in [-0.25, -0.2) is 15.2 Å². The molecule has 0 saturated heterocycles. The molecule has 0 aliphatic carbocycles. The molecule has 0 spiro atoms. The minimum atomic E-state index is -0.506. The standard InChI is InChI=1S/C16H14N4O2S/c21-14(10-15-18-12-8-4-5-9-13(12)23-15)19-20-16(22)17-11-6-2-1-3-7-11/h1-9H,10H2,(H,19,21)(H2,17,20,22). The summed E-state index contributed by atoms with van der Waals surface area (Å²) in [6, 6.07) is 16.2. The molecule has 3 aromatic rings. The van der Waals surface area contributed by atoms with Crippen LogP contribution in [0, 0.1) is 0 Å². The summed E-state index contributed by atoms with van der Waals surface area (Å²) in [7, 11) is 0. The highest BCUT2D eigenvalue weighted by Crippen LogP contribution is 2.21. The summed E-state index contributed by atoms with van der Waals surface area (Å²) < 4.78 is 1.03. The van der Waals surface area contributed by atoms with Crippen LogP contribution in [0.25, 0.3) is 10.2 Å². The summed E-state index contributed by atoms with van der Waals surface area (Å²) in [5.41, 5.74) is 6.19. The second kappa shape index (κ2) is 6.89. The topological polar surface area (TPSA) is 83.1 Å². The van der Waals surface area contributed by atoms with Crippen LogP contribution in [-0.4, -0.2) is 16.9 Å². The van der Waals surface area contributed by atoms with Gasteiger partial charge in [0.15, 0.2) is 0 Å². The summed E-state index contributed by atoms with van der Waals surface area (Å²) in [4.78, 5) is 27.9. The summed E-state index contributed by atoms with van der Waals surface area (Å²) in [6.07, 6.45) is 0.116. The van der Waals surface area contributed by atoms with E-state index in [0.29, 0.717) is 10.7 Å². The van der Waals surface area contributed by atoms with Crippen LogP contribution < -0.4 is 16.2 Å². The molecule has 0 saturated carbocycles. The van der Waals surface area contributed by atoms with Crippen molar-refractivity contribution in [3.63, 3.8) is 0 Å². The molecule has 0 fully saturated rings. The monoisotopic (exact) mass is 326 g/mol. The van der Waals surface area contributed by atoms with Crippen LogP contribution in [-0.2, 0) is 11.2 Å². The molecule has 116 valence electrons. The van der Waals surface area contributed by atoms with Gasteiger partial charge in [-0.05, 0) is 24.3 Å². The third kappa shape index (κ3) is 4.04. The molecule has 1 heterocycles. The number of anilines is 1. The fourth-order valence-electron chi connectivity index (χ4n) is 1.99. The number of para-hydroxylation sites is 2. The largest absolute Gasteiger partial charge is 0.337 e. The maximum absolute atomic E-state index is 11.9. The van der Waals surface area contributed by atoms with Gasteiger partial charge < -0.3 is 5.32 Å². The molecule has 0 bridgehead atoms. The zero-order chi connectivity index (χ0) is 16.1. The van der Waals surface area contributed by atoms with Crippen molar-refractivity contribution in [2.45, 2.75) is 6.42 Å². The number of hydrogen-bond acceptors (Lipinski definition) is 4. The van der Waals surface area contributed by atoms with Gasteiger partial charge in [-0.2, -0.15) is 0 Å². The third-order valence-corrected chi connectivity index (χ3v) is 4.03. The van der Waals surface area contributed by atoms with E-state index in [1.54, 1.807) is 24.3 Å². The lowest BCUT2D eigenvalue weighted by Crippen LogP contribution is -2.44. The molecule has 6 nitrogen and oxygen atoms in total. The molecule has 0 aliphatic rings. The fourth-order valence-corrected chi connectivity index (χ4v) is 2.95. The van der Waals surface area contributed by atoms with Crippen LogP contribution >= 0.6 is 11.3 Å². The Morgan fingerprint density at radius 2 is 1.70 bits per heavy atom. The summed E-state index contributed by atoms with van der Waals surface area (Å²) in [6.45, 7) is 0. The smallest absolute Gasteiger partial charge is 0.307 e. The molecule has 0 aliphatic heterocycles. The number of amides is 3. The van der Waals surface area contributed by atoms with Gasteiger partial charge in [-0.15, -0.1) is 11.3 Å². The van der Waals surface area contributed by atoms with Crippen LogP contribution in [0.15, 0.2) is 54.6 Å². The van der Waals surface area contributed by atoms with Crippen LogP contribution in [0.5, 0.6) is 0 Å². The fraction of sp³-hybridized carbons (Fsp3) is 0.0625. The van der Waals surface area contributed by atoms with Gasteiger partial charge >= 0.3 is 6.03 Å². The minimum absolute atomic E-state index is 0.116. The Hall–Kier alpha value is -2.93. The van der Waals surface area contributed by atoms with Crippen molar-refractivity contribution in [3.05, 3.63) is 59.6 Å². The van der Waals surface area contributed by atoms with Crippen LogP contribution in [0.4, 0.5) is 10.5 Å². The average molecular weight is 326 g/mol. The van der Waals surface area contributed by atoms with E-state index < -0.39 is 6.03 Å². The molecule has 3 N–H and O–H groups in total. The number of carbonyl (C=O) groups is 2. The molecule has 2 aromatic carbocycles. The first-order chi connectivity index (χ1) is 11.2. The van der Waals surface area contributed by atoms with Crippen molar-refractivity contribution in [2.75, 3.05) is 5.32 Å². The molecule has 0 unspecified atom stereocenters. The maximum atomic E-state index is 11.9. The van der Waals surface area contributed by atoms with Crippen LogP contribution in [0.3, 0.4) is 0 Å². The van der Waals surface area contributed by atoms with Crippen molar-refractivity contribution in [2.24, 2.45) is 0 Å². The minimum Gasteiger partial charge on any atom is -0.307 e. The van der Waals surface area contributed by atoms with E-state index in [-0.39, 0.29) is 12.3 Å². The van der Waals surface area contributed by atoms with Gasteiger partial charge in [0.05, 0.1) is 16.6 Å². The zero-order valence-corrected chi connectivity index (χ0v) is 12.9. The van der Waals surface area contributed by atoms with E-state index >= 15 is 0 Å². The Labute approximate surface area is 136 Å². The predicted molar refractivity (Wildman–Crippen MR) is 90.1 cm³/mol.